The molecule has 0 heterocycles. The number of nitrogens with one attached hydrogen (secondary N) is 2. The zero-order chi connectivity index (χ0) is 20.7. The van der Waals surface area contributed by atoms with E-state index in [9.17, 15) is 9.59 Å². The zero-order valence-corrected chi connectivity index (χ0v) is 17.4. The van der Waals surface area contributed by atoms with Gasteiger partial charge in [-0.3, -0.25) is 9.59 Å². The van der Waals surface area contributed by atoms with Crippen molar-refractivity contribution in [1.29, 1.82) is 0 Å². The summed E-state index contributed by atoms with van der Waals surface area (Å²) in [6, 6.07) is 16.9. The van der Waals surface area contributed by atoms with E-state index in [0.717, 1.165) is 11.1 Å². The van der Waals surface area contributed by atoms with E-state index in [1.54, 1.807) is 6.07 Å². The molecular formula is C23H31N3O2. The molecule has 5 heteroatoms. The average molecular weight is 382 g/mol. The SMILES string of the molecule is Cc1cccc(C(=O)NC(C(=O)NCC(c2ccccc2)N(C)C)C(C)C)c1. The monoisotopic (exact) mass is 381 g/mol. The average Bonchev–Trinajstić information content (AvgIpc) is 2.66. The molecule has 2 amide bonds. The van der Waals surface area contributed by atoms with E-state index in [1.165, 1.54) is 0 Å². The second kappa shape index (κ2) is 10.0. The third-order valence-electron chi connectivity index (χ3n) is 4.79. The normalized spacial score (nSPS) is 13.2. The van der Waals surface area contributed by atoms with Gasteiger partial charge in [-0.25, -0.2) is 0 Å². The van der Waals surface area contributed by atoms with Crippen LogP contribution in [0.15, 0.2) is 54.6 Å². The van der Waals surface area contributed by atoms with Crippen LogP contribution in [-0.2, 0) is 4.79 Å². The first-order valence-corrected chi connectivity index (χ1v) is 9.66. The van der Waals surface area contributed by atoms with Crippen LogP contribution in [0, 0.1) is 12.8 Å². The molecule has 0 aliphatic rings. The summed E-state index contributed by atoms with van der Waals surface area (Å²) in [5, 5.41) is 5.90. The number of benzene rings is 2. The van der Waals surface area contributed by atoms with Gasteiger partial charge in [-0.15, -0.1) is 0 Å². The zero-order valence-electron chi connectivity index (χ0n) is 17.4. The minimum Gasteiger partial charge on any atom is -0.352 e. The Bertz CT molecular complexity index is 787. The van der Waals surface area contributed by atoms with Crippen molar-refractivity contribution >= 4 is 11.8 Å². The van der Waals surface area contributed by atoms with E-state index in [4.69, 9.17) is 0 Å². The highest BCUT2D eigenvalue weighted by Gasteiger charge is 2.26. The lowest BCUT2D eigenvalue weighted by Crippen LogP contribution is -2.51. The Hall–Kier alpha value is -2.66. The molecule has 2 aromatic carbocycles. The van der Waals surface area contributed by atoms with Gasteiger partial charge in [0.05, 0.1) is 6.04 Å². The molecule has 28 heavy (non-hydrogen) atoms. The van der Waals surface area contributed by atoms with Gasteiger partial charge >= 0.3 is 0 Å². The predicted octanol–water partition coefficient (Wildman–Crippen LogP) is 3.17. The number of aryl methyl sites for hydroxylation is 1. The van der Waals surface area contributed by atoms with Gasteiger partial charge in [-0.2, -0.15) is 0 Å². The Kier molecular flexibility index (Phi) is 7.76. The summed E-state index contributed by atoms with van der Waals surface area (Å²) in [5.74, 6) is -0.424. The number of carbonyl (C=O) groups is 2. The van der Waals surface area contributed by atoms with E-state index in [2.05, 4.69) is 27.7 Å². The standard InChI is InChI=1S/C23H31N3O2/c1-16(2)21(25-22(27)19-13-9-10-17(3)14-19)23(28)24-15-20(26(4)5)18-11-7-6-8-12-18/h6-14,16,20-21H,15H2,1-5H3,(H,24,28)(H,25,27). The van der Waals surface area contributed by atoms with E-state index in [0.29, 0.717) is 12.1 Å². The van der Waals surface area contributed by atoms with Crippen LogP contribution in [0.4, 0.5) is 0 Å². The largest absolute Gasteiger partial charge is 0.352 e. The molecule has 0 fully saturated rings. The number of amides is 2. The molecule has 0 aromatic heterocycles. The highest BCUT2D eigenvalue weighted by atomic mass is 16.2. The van der Waals surface area contributed by atoms with Crippen LogP contribution in [0.25, 0.3) is 0 Å². The minimum atomic E-state index is -0.591. The number of hydrogen-bond acceptors (Lipinski definition) is 3. The van der Waals surface area contributed by atoms with Gasteiger partial charge < -0.3 is 15.5 Å². The van der Waals surface area contributed by atoms with Gasteiger partial charge in [0.1, 0.15) is 6.04 Å². The first kappa shape index (κ1) is 21.6. The van der Waals surface area contributed by atoms with E-state index >= 15 is 0 Å². The third kappa shape index (κ3) is 5.92. The van der Waals surface area contributed by atoms with Crippen LogP contribution in [0.3, 0.4) is 0 Å². The van der Waals surface area contributed by atoms with Gasteiger partial charge in [0.15, 0.2) is 0 Å². The highest BCUT2D eigenvalue weighted by Crippen LogP contribution is 2.17. The Labute approximate surface area is 168 Å². The van der Waals surface area contributed by atoms with Crippen molar-refractivity contribution in [1.82, 2.24) is 15.5 Å². The maximum absolute atomic E-state index is 12.8. The molecule has 2 rings (SSSR count). The van der Waals surface area contributed by atoms with Crippen molar-refractivity contribution in [2.24, 2.45) is 5.92 Å². The fourth-order valence-electron chi connectivity index (χ4n) is 3.13. The Balaban J connectivity index is 2.05. The summed E-state index contributed by atoms with van der Waals surface area (Å²) in [5.41, 5.74) is 2.71. The first-order chi connectivity index (χ1) is 13.3. The number of carbonyl (C=O) groups excluding carboxylic acids is 2. The molecule has 0 aliphatic heterocycles. The lowest BCUT2D eigenvalue weighted by atomic mass is 10.0. The molecule has 5 nitrogen and oxygen atoms in total. The summed E-state index contributed by atoms with van der Waals surface area (Å²) in [4.78, 5) is 27.5. The van der Waals surface area contributed by atoms with Crippen LogP contribution in [0.5, 0.6) is 0 Å². The number of likely N-dealkylation sites (N-methyl/N-ethyl adjacent to an activating group) is 1. The number of nitrogens with zero attached hydrogens (tertiary/aromatic N) is 1. The Morgan fingerprint density at radius 3 is 2.25 bits per heavy atom. The van der Waals surface area contributed by atoms with Gasteiger partial charge in [0, 0.05) is 12.1 Å². The number of rotatable bonds is 8. The summed E-state index contributed by atoms with van der Waals surface area (Å²) in [6.45, 7) is 6.27. The maximum Gasteiger partial charge on any atom is 0.251 e. The van der Waals surface area contributed by atoms with Crippen molar-refractivity contribution in [3.8, 4) is 0 Å². The van der Waals surface area contributed by atoms with Crippen LogP contribution in [0.1, 0.15) is 41.4 Å². The molecule has 2 N–H and O–H groups in total. The summed E-state index contributed by atoms with van der Waals surface area (Å²) in [6.07, 6.45) is 0. The molecule has 2 atom stereocenters. The fourth-order valence-corrected chi connectivity index (χ4v) is 3.13. The lowest BCUT2D eigenvalue weighted by molar-refractivity contribution is -0.124. The molecule has 0 spiro atoms. The van der Waals surface area contributed by atoms with E-state index in [1.807, 2.05) is 71.3 Å². The molecule has 0 aliphatic carbocycles. The molecule has 0 saturated carbocycles. The van der Waals surface area contributed by atoms with E-state index < -0.39 is 6.04 Å². The number of hydrogen-bond donors (Lipinski definition) is 2. The van der Waals surface area contributed by atoms with Crippen molar-refractivity contribution in [2.75, 3.05) is 20.6 Å². The van der Waals surface area contributed by atoms with Gasteiger partial charge in [-0.05, 0) is 44.6 Å². The summed E-state index contributed by atoms with van der Waals surface area (Å²) in [7, 11) is 3.98. The van der Waals surface area contributed by atoms with Crippen molar-refractivity contribution in [3.05, 3.63) is 71.3 Å². The summed E-state index contributed by atoms with van der Waals surface area (Å²) < 4.78 is 0. The molecule has 0 saturated heterocycles. The van der Waals surface area contributed by atoms with Crippen molar-refractivity contribution in [2.45, 2.75) is 32.9 Å². The van der Waals surface area contributed by atoms with Crippen LogP contribution in [-0.4, -0.2) is 43.4 Å². The maximum atomic E-state index is 12.8. The second-order valence-electron chi connectivity index (χ2n) is 7.70. The molecular weight excluding hydrogens is 350 g/mol. The van der Waals surface area contributed by atoms with E-state index in [-0.39, 0.29) is 23.8 Å². The van der Waals surface area contributed by atoms with Crippen LogP contribution < -0.4 is 10.6 Å². The lowest BCUT2D eigenvalue weighted by Gasteiger charge is -2.27. The van der Waals surface area contributed by atoms with Crippen molar-refractivity contribution in [3.63, 3.8) is 0 Å². The van der Waals surface area contributed by atoms with Crippen molar-refractivity contribution < 1.29 is 9.59 Å². The minimum absolute atomic E-state index is 0.0247. The second-order valence-corrected chi connectivity index (χ2v) is 7.70. The Morgan fingerprint density at radius 1 is 1.00 bits per heavy atom. The van der Waals surface area contributed by atoms with Gasteiger partial charge in [-0.1, -0.05) is 61.9 Å². The topological polar surface area (TPSA) is 61.4 Å². The molecule has 2 aromatic rings. The quantitative estimate of drug-likeness (QED) is 0.738. The molecule has 0 radical (unpaired) electrons. The Morgan fingerprint density at radius 2 is 1.68 bits per heavy atom. The molecule has 2 unspecified atom stereocenters. The predicted molar refractivity (Wildman–Crippen MR) is 113 cm³/mol. The van der Waals surface area contributed by atoms with Gasteiger partial charge in [0.2, 0.25) is 5.91 Å². The fraction of sp³-hybridized carbons (Fsp3) is 0.391. The molecule has 0 bridgehead atoms. The first-order valence-electron chi connectivity index (χ1n) is 9.66. The van der Waals surface area contributed by atoms with Crippen LogP contribution in [0.2, 0.25) is 0 Å². The smallest absolute Gasteiger partial charge is 0.251 e. The summed E-state index contributed by atoms with van der Waals surface area (Å²) >= 11 is 0. The highest BCUT2D eigenvalue weighted by molar-refractivity contribution is 5.97. The van der Waals surface area contributed by atoms with Gasteiger partial charge in [0.25, 0.3) is 5.91 Å². The third-order valence-corrected chi connectivity index (χ3v) is 4.79. The van der Waals surface area contributed by atoms with Crippen LogP contribution >= 0.6 is 0 Å². The molecule has 150 valence electrons.